The summed E-state index contributed by atoms with van der Waals surface area (Å²) in [6.45, 7) is 5.08. The molecule has 1 aromatic rings. The highest BCUT2D eigenvalue weighted by molar-refractivity contribution is 5.49. The number of ether oxygens (including phenoxy) is 1. The molecule has 1 heterocycles. The average Bonchev–Trinajstić information content (AvgIpc) is 2.83. The molecule has 1 fully saturated rings. The number of hydrogen-bond acceptors (Lipinski definition) is 7. The second kappa shape index (κ2) is 15.6. The first-order chi connectivity index (χ1) is 17.4. The Hall–Kier alpha value is -2.63. The lowest BCUT2D eigenvalue weighted by Gasteiger charge is -2.39. The van der Waals surface area contributed by atoms with Gasteiger partial charge < -0.3 is 30.5 Å². The quantitative estimate of drug-likeness (QED) is 0.196. The fraction of sp³-hybridized carbons (Fsp3) is 0.577. The van der Waals surface area contributed by atoms with Gasteiger partial charge in [-0.2, -0.15) is 13.2 Å². The van der Waals surface area contributed by atoms with Gasteiger partial charge in [-0.15, -0.1) is 0 Å². The van der Waals surface area contributed by atoms with Crippen LogP contribution in [0.4, 0.5) is 23.2 Å². The number of nitrogens with zero attached hydrogens (tertiary/aromatic N) is 1. The Bertz CT molecular complexity index is 885. The minimum atomic E-state index is -4.70. The van der Waals surface area contributed by atoms with Crippen LogP contribution in [-0.2, 0) is 15.7 Å². The monoisotopic (exact) mass is 533 g/mol. The molecule has 0 amide bonds. The molecule has 1 aliphatic rings. The molecular formula is C26H39F4N3O4. The van der Waals surface area contributed by atoms with Crippen LogP contribution in [0.3, 0.4) is 0 Å². The molecule has 0 bridgehead atoms. The van der Waals surface area contributed by atoms with Gasteiger partial charge in [0.2, 0.25) is 0 Å². The van der Waals surface area contributed by atoms with Gasteiger partial charge in [0, 0.05) is 44.2 Å². The van der Waals surface area contributed by atoms with Crippen molar-refractivity contribution in [2.24, 2.45) is 0 Å². The van der Waals surface area contributed by atoms with E-state index in [1.807, 2.05) is 33.2 Å². The van der Waals surface area contributed by atoms with Gasteiger partial charge in [0.05, 0.1) is 11.2 Å². The molecule has 210 valence electrons. The lowest BCUT2D eigenvalue weighted by atomic mass is 9.88. The van der Waals surface area contributed by atoms with E-state index in [1.54, 1.807) is 4.90 Å². The van der Waals surface area contributed by atoms with Crippen LogP contribution in [-0.4, -0.2) is 68.2 Å². The topological polar surface area (TPSA) is 94.1 Å². The number of rotatable bonds is 11. The summed E-state index contributed by atoms with van der Waals surface area (Å²) in [5.41, 5.74) is -0.917. The Morgan fingerprint density at radius 3 is 2.38 bits per heavy atom. The third-order valence-corrected chi connectivity index (χ3v) is 6.15. The SMILES string of the molecule is CNC(/C=C\CC(C)NC)=C/C(C)OC=O.OCCC1(O)CCN(c2ccc(C(F)(F)F)c(F)c2)CC1. The van der Waals surface area contributed by atoms with Crippen LogP contribution in [0, 0.1) is 5.82 Å². The molecular weight excluding hydrogens is 494 g/mol. The van der Waals surface area contributed by atoms with Gasteiger partial charge in [-0.05, 0) is 76.9 Å². The summed E-state index contributed by atoms with van der Waals surface area (Å²) in [4.78, 5) is 11.9. The van der Waals surface area contributed by atoms with E-state index < -0.39 is 23.2 Å². The molecule has 11 heteroatoms. The Labute approximate surface area is 216 Å². The first kappa shape index (κ1) is 32.4. The van der Waals surface area contributed by atoms with Crippen molar-refractivity contribution >= 4 is 12.2 Å². The Morgan fingerprint density at radius 1 is 1.24 bits per heavy atom. The summed E-state index contributed by atoms with van der Waals surface area (Å²) in [5, 5.41) is 25.2. The molecule has 2 rings (SSSR count). The number of hydrogen-bond donors (Lipinski definition) is 4. The standard InChI is InChI=1S/C14H17F4NO2.C12H22N2O2/c15-12-9-10(1-2-11(12)14(16,17)18)19-6-3-13(21,4-7-19)5-8-20;1-10(13-3)6-5-7-12(14-4)8-11(2)16-9-15/h1-2,9,20-21H,3-8H2;5,7-11,13-14H,6H2,1-4H3/b;7-5-,12-8+. The van der Waals surface area contributed by atoms with E-state index in [0.717, 1.165) is 24.3 Å². The van der Waals surface area contributed by atoms with Crippen molar-refractivity contribution in [2.75, 3.05) is 38.7 Å². The van der Waals surface area contributed by atoms with Gasteiger partial charge in [0.1, 0.15) is 11.9 Å². The summed E-state index contributed by atoms with van der Waals surface area (Å²) < 4.78 is 55.8. The number of nitrogens with one attached hydrogen (secondary N) is 2. The molecule has 2 atom stereocenters. The van der Waals surface area contributed by atoms with Gasteiger partial charge in [-0.25, -0.2) is 4.39 Å². The summed E-state index contributed by atoms with van der Waals surface area (Å²) in [5.74, 6) is -1.30. The second-order valence-corrected chi connectivity index (χ2v) is 8.98. The maximum absolute atomic E-state index is 13.5. The van der Waals surface area contributed by atoms with Gasteiger partial charge in [0.15, 0.2) is 0 Å². The van der Waals surface area contributed by atoms with Gasteiger partial charge in [0.25, 0.3) is 6.47 Å². The lowest BCUT2D eigenvalue weighted by molar-refractivity contribution is -0.140. The Balaban J connectivity index is 0.000000387. The predicted octanol–water partition coefficient (Wildman–Crippen LogP) is 3.76. The smallest absolute Gasteiger partial charge is 0.419 e. The van der Waals surface area contributed by atoms with Gasteiger partial charge in [-0.3, -0.25) is 4.79 Å². The van der Waals surface area contributed by atoms with Crippen molar-refractivity contribution in [2.45, 2.75) is 63.5 Å². The number of allylic oxidation sites excluding steroid dienone is 1. The lowest BCUT2D eigenvalue weighted by Crippen LogP contribution is -2.45. The second-order valence-electron chi connectivity index (χ2n) is 8.98. The minimum absolute atomic E-state index is 0.120. The number of carbonyl (C=O) groups is 1. The van der Waals surface area contributed by atoms with Crippen LogP contribution in [0.15, 0.2) is 42.1 Å². The van der Waals surface area contributed by atoms with Crippen LogP contribution in [0.2, 0.25) is 0 Å². The number of aliphatic hydroxyl groups excluding tert-OH is 1. The van der Waals surface area contributed by atoms with E-state index in [2.05, 4.69) is 23.6 Å². The zero-order chi connectivity index (χ0) is 28.1. The van der Waals surface area contributed by atoms with Crippen LogP contribution >= 0.6 is 0 Å². The van der Waals surface area contributed by atoms with E-state index in [9.17, 15) is 27.5 Å². The van der Waals surface area contributed by atoms with E-state index in [1.165, 1.54) is 6.07 Å². The summed E-state index contributed by atoms with van der Waals surface area (Å²) in [6, 6.07) is 3.30. The molecule has 0 spiro atoms. The highest BCUT2D eigenvalue weighted by Gasteiger charge is 2.35. The number of carbonyl (C=O) groups excluding carboxylic acids is 1. The zero-order valence-corrected chi connectivity index (χ0v) is 21.8. The number of benzene rings is 1. The van der Waals surface area contributed by atoms with E-state index in [4.69, 9.17) is 9.84 Å². The fourth-order valence-electron chi connectivity index (χ4n) is 3.69. The molecule has 0 aliphatic carbocycles. The molecule has 0 saturated carbocycles. The third-order valence-electron chi connectivity index (χ3n) is 6.15. The highest BCUT2D eigenvalue weighted by atomic mass is 19.4. The molecule has 37 heavy (non-hydrogen) atoms. The minimum Gasteiger partial charge on any atom is -0.461 e. The average molecular weight is 534 g/mol. The number of halogens is 4. The first-order valence-corrected chi connectivity index (χ1v) is 12.2. The van der Waals surface area contributed by atoms with Crippen molar-refractivity contribution in [1.82, 2.24) is 10.6 Å². The Kier molecular flexibility index (Phi) is 13.6. The number of likely N-dealkylation sites (N-methyl/N-ethyl adjacent to an activating group) is 1. The van der Waals surface area contributed by atoms with E-state index >= 15 is 0 Å². The van der Waals surface area contributed by atoms with E-state index in [-0.39, 0.29) is 19.1 Å². The van der Waals surface area contributed by atoms with Crippen molar-refractivity contribution in [3.05, 3.63) is 53.5 Å². The van der Waals surface area contributed by atoms with Crippen molar-refractivity contribution in [3.63, 3.8) is 0 Å². The summed E-state index contributed by atoms with van der Waals surface area (Å²) in [6.07, 6.45) is 3.00. The molecule has 4 N–H and O–H groups in total. The van der Waals surface area contributed by atoms with Crippen molar-refractivity contribution in [3.8, 4) is 0 Å². The van der Waals surface area contributed by atoms with Crippen molar-refractivity contribution in [1.29, 1.82) is 0 Å². The number of alkyl halides is 3. The number of piperidine rings is 1. The summed E-state index contributed by atoms with van der Waals surface area (Å²) in [7, 11) is 3.78. The highest BCUT2D eigenvalue weighted by Crippen LogP contribution is 2.34. The molecule has 0 aromatic heterocycles. The molecule has 0 radical (unpaired) electrons. The summed E-state index contributed by atoms with van der Waals surface area (Å²) >= 11 is 0. The van der Waals surface area contributed by atoms with Gasteiger partial charge >= 0.3 is 6.18 Å². The van der Waals surface area contributed by atoms with E-state index in [0.29, 0.717) is 44.1 Å². The molecule has 1 aromatic carbocycles. The zero-order valence-electron chi connectivity index (χ0n) is 21.8. The number of anilines is 1. The van der Waals surface area contributed by atoms with Crippen molar-refractivity contribution < 1.29 is 37.3 Å². The number of aliphatic hydroxyl groups is 2. The molecule has 1 aliphatic heterocycles. The van der Waals surface area contributed by atoms with Gasteiger partial charge in [-0.1, -0.05) is 6.08 Å². The first-order valence-electron chi connectivity index (χ1n) is 12.2. The molecule has 2 unspecified atom stereocenters. The predicted molar refractivity (Wildman–Crippen MR) is 136 cm³/mol. The normalized spacial score (nSPS) is 17.6. The Morgan fingerprint density at radius 2 is 1.89 bits per heavy atom. The molecule has 7 nitrogen and oxygen atoms in total. The van der Waals surface area contributed by atoms with Crippen LogP contribution in [0.25, 0.3) is 0 Å². The van der Waals surface area contributed by atoms with Crippen LogP contribution < -0.4 is 15.5 Å². The van der Waals surface area contributed by atoms with Crippen LogP contribution in [0.5, 0.6) is 0 Å². The molecule has 1 saturated heterocycles. The fourth-order valence-corrected chi connectivity index (χ4v) is 3.69. The largest absolute Gasteiger partial charge is 0.461 e. The maximum atomic E-state index is 13.5. The third kappa shape index (κ3) is 11.5. The maximum Gasteiger partial charge on any atom is 0.419 e. The van der Waals surface area contributed by atoms with Crippen LogP contribution in [0.1, 0.15) is 45.1 Å².